The fourth-order valence-corrected chi connectivity index (χ4v) is 4.25. The normalized spacial score (nSPS) is 17.3. The van der Waals surface area contributed by atoms with Crippen molar-refractivity contribution in [3.05, 3.63) is 29.3 Å². The van der Waals surface area contributed by atoms with Crippen molar-refractivity contribution in [2.75, 3.05) is 26.8 Å². The van der Waals surface area contributed by atoms with E-state index >= 15 is 0 Å². The van der Waals surface area contributed by atoms with E-state index in [0.717, 1.165) is 37.2 Å². The Balaban J connectivity index is 2.20. The topological polar surface area (TPSA) is 46.6 Å². The van der Waals surface area contributed by atoms with Crippen molar-refractivity contribution in [2.24, 2.45) is 5.92 Å². The predicted molar refractivity (Wildman–Crippen MR) is 84.1 cm³/mol. The zero-order chi connectivity index (χ0) is 15.5. The van der Waals surface area contributed by atoms with Gasteiger partial charge in [0, 0.05) is 32.7 Å². The molecule has 1 fully saturated rings. The van der Waals surface area contributed by atoms with Gasteiger partial charge in [-0.3, -0.25) is 0 Å². The van der Waals surface area contributed by atoms with Gasteiger partial charge < -0.3 is 4.74 Å². The zero-order valence-corrected chi connectivity index (χ0v) is 14.1. The van der Waals surface area contributed by atoms with Gasteiger partial charge in [0.25, 0.3) is 0 Å². The minimum absolute atomic E-state index is 0.312. The Hall–Kier alpha value is -0.620. The first kappa shape index (κ1) is 16.7. The van der Waals surface area contributed by atoms with Crippen molar-refractivity contribution in [1.82, 2.24) is 4.31 Å². The van der Waals surface area contributed by atoms with Gasteiger partial charge in [-0.15, -0.1) is 11.6 Å². The molecular formula is C15H22ClNO3S. The van der Waals surface area contributed by atoms with E-state index in [1.807, 2.05) is 19.1 Å². The van der Waals surface area contributed by atoms with Crippen LogP contribution in [0.4, 0.5) is 0 Å². The number of ether oxygens (including phenoxy) is 1. The molecule has 0 N–H and O–H groups in total. The summed E-state index contributed by atoms with van der Waals surface area (Å²) in [5.74, 6) is 0.682. The van der Waals surface area contributed by atoms with Crippen LogP contribution in [0.1, 0.15) is 24.0 Å². The summed E-state index contributed by atoms with van der Waals surface area (Å²) < 4.78 is 32.3. The van der Waals surface area contributed by atoms with Crippen LogP contribution in [0.5, 0.6) is 0 Å². The van der Waals surface area contributed by atoms with Gasteiger partial charge in [0.1, 0.15) is 0 Å². The minimum Gasteiger partial charge on any atom is -0.381 e. The first-order valence-electron chi connectivity index (χ1n) is 7.14. The van der Waals surface area contributed by atoms with E-state index in [0.29, 0.717) is 23.2 Å². The van der Waals surface area contributed by atoms with Crippen LogP contribution in [0.25, 0.3) is 0 Å². The number of hydrogen-bond acceptors (Lipinski definition) is 3. The third-order valence-corrected chi connectivity index (χ3v) is 6.23. The Bertz CT molecular complexity index is 583. The second-order valence-electron chi connectivity index (χ2n) is 5.57. The van der Waals surface area contributed by atoms with E-state index in [4.69, 9.17) is 16.3 Å². The smallest absolute Gasteiger partial charge is 0.243 e. The lowest BCUT2D eigenvalue weighted by Gasteiger charge is -2.27. The Morgan fingerprint density at radius 3 is 2.62 bits per heavy atom. The molecule has 0 bridgehead atoms. The summed E-state index contributed by atoms with van der Waals surface area (Å²) in [5.41, 5.74) is 1.57. The molecule has 1 aromatic rings. The number of hydrogen-bond donors (Lipinski definition) is 0. The highest BCUT2D eigenvalue weighted by molar-refractivity contribution is 7.89. The minimum atomic E-state index is -3.47. The second kappa shape index (κ2) is 7.09. The lowest BCUT2D eigenvalue weighted by molar-refractivity contribution is 0.0620. The van der Waals surface area contributed by atoms with Gasteiger partial charge in [-0.2, -0.15) is 0 Å². The van der Waals surface area contributed by atoms with Gasteiger partial charge in [-0.25, -0.2) is 12.7 Å². The monoisotopic (exact) mass is 331 g/mol. The molecule has 0 radical (unpaired) electrons. The van der Waals surface area contributed by atoms with Crippen molar-refractivity contribution < 1.29 is 13.2 Å². The molecule has 0 saturated carbocycles. The molecule has 6 heteroatoms. The van der Waals surface area contributed by atoms with Crippen LogP contribution in [0.2, 0.25) is 0 Å². The van der Waals surface area contributed by atoms with Crippen molar-refractivity contribution in [2.45, 2.75) is 30.5 Å². The van der Waals surface area contributed by atoms with E-state index in [-0.39, 0.29) is 0 Å². The molecule has 4 nitrogen and oxygen atoms in total. The Kier molecular flexibility index (Phi) is 5.66. The standard InChI is InChI=1S/C15H22ClNO3S/c1-12-3-4-14(10-16)9-15(12)21(18,19)17(2)11-13-5-7-20-8-6-13/h3-4,9,13H,5-8,10-11H2,1-2H3. The van der Waals surface area contributed by atoms with Crippen LogP contribution >= 0.6 is 11.6 Å². The fraction of sp³-hybridized carbons (Fsp3) is 0.600. The summed E-state index contributed by atoms with van der Waals surface area (Å²) in [6, 6.07) is 5.35. The predicted octanol–water partition coefficient (Wildman–Crippen LogP) is 2.78. The SMILES string of the molecule is Cc1ccc(CCl)cc1S(=O)(=O)N(C)CC1CCOCC1. The average Bonchev–Trinajstić information content (AvgIpc) is 2.48. The summed E-state index contributed by atoms with van der Waals surface area (Å²) in [7, 11) is -1.82. The number of aryl methyl sites for hydroxylation is 1. The molecule has 1 aliphatic heterocycles. The van der Waals surface area contributed by atoms with Crippen LogP contribution < -0.4 is 0 Å². The van der Waals surface area contributed by atoms with Crippen molar-refractivity contribution in [1.29, 1.82) is 0 Å². The van der Waals surface area contributed by atoms with Crippen LogP contribution in [0.15, 0.2) is 23.1 Å². The number of rotatable bonds is 5. The third-order valence-electron chi connectivity index (χ3n) is 3.95. The number of sulfonamides is 1. The highest BCUT2D eigenvalue weighted by atomic mass is 35.5. The molecule has 0 unspecified atom stereocenters. The van der Waals surface area contributed by atoms with Gasteiger partial charge in [0.2, 0.25) is 10.0 Å². The second-order valence-corrected chi connectivity index (χ2v) is 7.86. The van der Waals surface area contributed by atoms with Gasteiger partial charge in [0.05, 0.1) is 4.90 Å². The lowest BCUT2D eigenvalue weighted by Crippen LogP contribution is -2.34. The summed E-state index contributed by atoms with van der Waals surface area (Å²) in [6.45, 7) is 3.79. The molecule has 2 rings (SSSR count). The molecule has 1 saturated heterocycles. The van der Waals surface area contributed by atoms with E-state index in [9.17, 15) is 8.42 Å². The number of halogens is 1. The largest absolute Gasteiger partial charge is 0.381 e. The molecule has 0 atom stereocenters. The third kappa shape index (κ3) is 3.97. The first-order valence-corrected chi connectivity index (χ1v) is 9.12. The molecule has 0 aliphatic carbocycles. The zero-order valence-electron chi connectivity index (χ0n) is 12.5. The lowest BCUT2D eigenvalue weighted by atomic mass is 10.0. The molecule has 21 heavy (non-hydrogen) atoms. The number of nitrogens with zero attached hydrogens (tertiary/aromatic N) is 1. The van der Waals surface area contributed by atoms with Gasteiger partial charge in [-0.1, -0.05) is 12.1 Å². The van der Waals surface area contributed by atoms with E-state index in [2.05, 4.69) is 0 Å². The van der Waals surface area contributed by atoms with Crippen LogP contribution in [0, 0.1) is 12.8 Å². The average molecular weight is 332 g/mol. The van der Waals surface area contributed by atoms with E-state index in [1.165, 1.54) is 4.31 Å². The van der Waals surface area contributed by atoms with E-state index < -0.39 is 10.0 Å². The molecule has 0 spiro atoms. The summed E-state index contributed by atoms with van der Waals surface area (Å²) in [4.78, 5) is 0.357. The van der Waals surface area contributed by atoms with Crippen molar-refractivity contribution in [3.63, 3.8) is 0 Å². The number of benzene rings is 1. The fourth-order valence-electron chi connectivity index (χ4n) is 2.56. The van der Waals surface area contributed by atoms with Crippen molar-refractivity contribution in [3.8, 4) is 0 Å². The van der Waals surface area contributed by atoms with Crippen LogP contribution in [-0.4, -0.2) is 39.5 Å². The maximum Gasteiger partial charge on any atom is 0.243 e. The molecule has 1 heterocycles. The Morgan fingerprint density at radius 1 is 1.33 bits per heavy atom. The van der Waals surface area contributed by atoms with Crippen LogP contribution in [0.3, 0.4) is 0 Å². The first-order chi connectivity index (χ1) is 9.95. The maximum atomic E-state index is 12.7. The summed E-state index contributed by atoms with van der Waals surface area (Å²) >= 11 is 5.81. The van der Waals surface area contributed by atoms with Crippen molar-refractivity contribution >= 4 is 21.6 Å². The highest BCUT2D eigenvalue weighted by Crippen LogP contribution is 2.24. The molecule has 0 aromatic heterocycles. The molecule has 1 aromatic carbocycles. The number of alkyl halides is 1. The van der Waals surface area contributed by atoms with Gasteiger partial charge in [0.15, 0.2) is 0 Å². The van der Waals surface area contributed by atoms with Gasteiger partial charge >= 0.3 is 0 Å². The van der Waals surface area contributed by atoms with E-state index in [1.54, 1.807) is 13.1 Å². The summed E-state index contributed by atoms with van der Waals surface area (Å²) in [6.07, 6.45) is 1.83. The summed E-state index contributed by atoms with van der Waals surface area (Å²) in [5, 5.41) is 0. The molecular weight excluding hydrogens is 310 g/mol. The quantitative estimate of drug-likeness (QED) is 0.779. The molecule has 0 amide bonds. The Labute approximate surface area is 132 Å². The highest BCUT2D eigenvalue weighted by Gasteiger charge is 2.26. The van der Waals surface area contributed by atoms with Gasteiger partial charge in [-0.05, 0) is 42.9 Å². The molecule has 118 valence electrons. The Morgan fingerprint density at radius 2 is 2.00 bits per heavy atom. The molecule has 1 aliphatic rings. The van der Waals surface area contributed by atoms with Crippen LogP contribution in [-0.2, 0) is 20.6 Å². The maximum absolute atomic E-state index is 12.7.